The van der Waals surface area contributed by atoms with Gasteiger partial charge in [0.15, 0.2) is 6.10 Å². The van der Waals surface area contributed by atoms with Crippen molar-refractivity contribution in [2.24, 2.45) is 5.10 Å². The van der Waals surface area contributed by atoms with Crippen LogP contribution in [0.25, 0.3) is 10.8 Å². The second-order valence-electron chi connectivity index (χ2n) is 6.15. The summed E-state index contributed by atoms with van der Waals surface area (Å²) in [4.78, 5) is 12.4. The lowest BCUT2D eigenvalue weighted by atomic mass is 10.1. The first-order valence-electron chi connectivity index (χ1n) is 8.91. The Balaban J connectivity index is 1.66. The first kappa shape index (κ1) is 20.4. The Morgan fingerprint density at radius 3 is 2.83 bits per heavy atom. The van der Waals surface area contributed by atoms with Crippen molar-refractivity contribution in [1.29, 1.82) is 0 Å². The van der Waals surface area contributed by atoms with Crippen molar-refractivity contribution >= 4 is 38.8 Å². The molecule has 29 heavy (non-hydrogen) atoms. The summed E-state index contributed by atoms with van der Waals surface area (Å²) in [5.41, 5.74) is 3.17. The first-order chi connectivity index (χ1) is 14.1. The predicted molar refractivity (Wildman–Crippen MR) is 118 cm³/mol. The van der Waals surface area contributed by atoms with Gasteiger partial charge in [0.25, 0.3) is 5.91 Å². The number of carbonyl (C=O) groups excluding carboxylic acids is 1. The Morgan fingerprint density at radius 2 is 2.00 bits per heavy atom. The van der Waals surface area contributed by atoms with Crippen LogP contribution in [0, 0.1) is 12.3 Å². The standard InChI is InChI=1S/C23H19BrN2O3/c1-3-13-28-21-12-11-19(24)14-18(21)15-25-26-23(27)16(2)29-22-10-6-8-17-7-4-5-9-20(17)22/h1,4-12,14-16H,13H2,2H3,(H,26,27). The number of benzene rings is 3. The molecule has 1 amide bonds. The van der Waals surface area contributed by atoms with Gasteiger partial charge in [0, 0.05) is 15.4 Å². The van der Waals surface area contributed by atoms with Gasteiger partial charge in [-0.05, 0) is 36.6 Å². The van der Waals surface area contributed by atoms with E-state index in [4.69, 9.17) is 15.9 Å². The van der Waals surface area contributed by atoms with Gasteiger partial charge in [0.2, 0.25) is 0 Å². The fraction of sp³-hybridized carbons (Fsp3) is 0.130. The average Bonchev–Trinajstić information content (AvgIpc) is 2.73. The normalized spacial score (nSPS) is 11.8. The van der Waals surface area contributed by atoms with Crippen molar-refractivity contribution in [1.82, 2.24) is 5.43 Å². The molecular formula is C23H19BrN2O3. The number of hydrogen-bond acceptors (Lipinski definition) is 4. The van der Waals surface area contributed by atoms with E-state index >= 15 is 0 Å². The van der Waals surface area contributed by atoms with Gasteiger partial charge in [0.05, 0.1) is 6.21 Å². The van der Waals surface area contributed by atoms with Gasteiger partial charge < -0.3 is 9.47 Å². The average molecular weight is 451 g/mol. The van der Waals surface area contributed by atoms with E-state index in [0.717, 1.165) is 15.2 Å². The Bertz CT molecular complexity index is 1080. The highest BCUT2D eigenvalue weighted by atomic mass is 79.9. The topological polar surface area (TPSA) is 59.9 Å². The van der Waals surface area contributed by atoms with E-state index in [1.54, 1.807) is 13.0 Å². The molecule has 0 aliphatic rings. The summed E-state index contributed by atoms with van der Waals surface area (Å²) < 4.78 is 12.2. The molecule has 0 saturated carbocycles. The quantitative estimate of drug-likeness (QED) is 0.326. The molecule has 1 unspecified atom stereocenters. The molecule has 0 aliphatic heterocycles. The van der Waals surface area contributed by atoms with E-state index < -0.39 is 6.10 Å². The van der Waals surface area contributed by atoms with E-state index in [1.807, 2.05) is 54.6 Å². The largest absolute Gasteiger partial charge is 0.480 e. The van der Waals surface area contributed by atoms with E-state index in [2.05, 4.69) is 32.4 Å². The number of halogens is 1. The third kappa shape index (κ3) is 5.37. The fourth-order valence-electron chi connectivity index (χ4n) is 2.67. The van der Waals surface area contributed by atoms with Gasteiger partial charge in [-0.1, -0.05) is 58.2 Å². The molecule has 5 nitrogen and oxygen atoms in total. The summed E-state index contributed by atoms with van der Waals surface area (Å²) in [7, 11) is 0. The van der Waals surface area contributed by atoms with E-state index in [0.29, 0.717) is 17.1 Å². The van der Waals surface area contributed by atoms with Crippen LogP contribution in [0.15, 0.2) is 70.2 Å². The lowest BCUT2D eigenvalue weighted by Gasteiger charge is -2.14. The van der Waals surface area contributed by atoms with Crippen LogP contribution in [0.5, 0.6) is 11.5 Å². The molecular weight excluding hydrogens is 432 g/mol. The highest BCUT2D eigenvalue weighted by Gasteiger charge is 2.15. The molecule has 3 aromatic rings. The first-order valence-corrected chi connectivity index (χ1v) is 9.71. The van der Waals surface area contributed by atoms with Crippen LogP contribution in [-0.4, -0.2) is 24.8 Å². The van der Waals surface area contributed by atoms with Crippen LogP contribution in [0.3, 0.4) is 0 Å². The van der Waals surface area contributed by atoms with Crippen LogP contribution in [0.2, 0.25) is 0 Å². The Morgan fingerprint density at radius 1 is 1.21 bits per heavy atom. The Kier molecular flexibility index (Phi) is 6.88. The van der Waals surface area contributed by atoms with Crippen LogP contribution < -0.4 is 14.9 Å². The molecule has 0 saturated heterocycles. The SMILES string of the molecule is C#CCOc1ccc(Br)cc1C=NNC(=O)C(C)Oc1cccc2ccccc12. The second kappa shape index (κ2) is 9.76. The summed E-state index contributed by atoms with van der Waals surface area (Å²) >= 11 is 3.40. The van der Waals surface area contributed by atoms with Crippen molar-refractivity contribution in [2.45, 2.75) is 13.0 Å². The van der Waals surface area contributed by atoms with Gasteiger partial charge in [0.1, 0.15) is 18.1 Å². The summed E-state index contributed by atoms with van der Waals surface area (Å²) in [6, 6.07) is 19.0. The lowest BCUT2D eigenvalue weighted by molar-refractivity contribution is -0.127. The summed E-state index contributed by atoms with van der Waals surface area (Å²) in [6.45, 7) is 1.82. The molecule has 0 aromatic heterocycles. The maximum absolute atomic E-state index is 12.4. The number of nitrogens with one attached hydrogen (secondary N) is 1. The molecule has 0 radical (unpaired) electrons. The molecule has 1 N–H and O–H groups in total. The predicted octanol–water partition coefficient (Wildman–Crippen LogP) is 4.53. The van der Waals surface area contributed by atoms with E-state index in [1.165, 1.54) is 6.21 Å². The minimum atomic E-state index is -0.724. The van der Waals surface area contributed by atoms with Crippen LogP contribution in [0.1, 0.15) is 12.5 Å². The van der Waals surface area contributed by atoms with Crippen LogP contribution in [-0.2, 0) is 4.79 Å². The van der Waals surface area contributed by atoms with Gasteiger partial charge in [-0.15, -0.1) is 6.42 Å². The third-order valence-corrected chi connectivity index (χ3v) is 4.58. The molecule has 0 aliphatic carbocycles. The van der Waals surface area contributed by atoms with Gasteiger partial charge >= 0.3 is 0 Å². The smallest absolute Gasteiger partial charge is 0.280 e. The molecule has 3 aromatic carbocycles. The minimum Gasteiger partial charge on any atom is -0.480 e. The molecule has 6 heteroatoms. The van der Waals surface area contributed by atoms with Crippen molar-refractivity contribution in [3.63, 3.8) is 0 Å². The van der Waals surface area contributed by atoms with Crippen molar-refractivity contribution in [2.75, 3.05) is 6.61 Å². The molecule has 146 valence electrons. The number of hydrogen-bond donors (Lipinski definition) is 1. The van der Waals surface area contributed by atoms with Crippen molar-refractivity contribution in [3.8, 4) is 23.8 Å². The molecule has 0 spiro atoms. The zero-order valence-corrected chi connectivity index (χ0v) is 17.3. The molecule has 0 bridgehead atoms. The van der Waals surface area contributed by atoms with E-state index in [-0.39, 0.29) is 12.5 Å². The Labute approximate surface area is 177 Å². The maximum atomic E-state index is 12.4. The van der Waals surface area contributed by atoms with Gasteiger partial charge in [-0.3, -0.25) is 4.79 Å². The van der Waals surface area contributed by atoms with E-state index in [9.17, 15) is 4.79 Å². The maximum Gasteiger partial charge on any atom is 0.280 e. The number of rotatable bonds is 7. The number of fused-ring (bicyclic) bond motifs is 1. The van der Waals surface area contributed by atoms with Crippen LogP contribution >= 0.6 is 15.9 Å². The summed E-state index contributed by atoms with van der Waals surface area (Å²) in [5.74, 6) is 3.27. The highest BCUT2D eigenvalue weighted by Crippen LogP contribution is 2.26. The second-order valence-corrected chi connectivity index (χ2v) is 7.06. The molecule has 3 rings (SSSR count). The highest BCUT2D eigenvalue weighted by molar-refractivity contribution is 9.10. The summed E-state index contributed by atoms with van der Waals surface area (Å²) in [6.07, 6.45) is 6.01. The van der Waals surface area contributed by atoms with Gasteiger partial charge in [-0.25, -0.2) is 5.43 Å². The number of amides is 1. The minimum absolute atomic E-state index is 0.144. The zero-order valence-electron chi connectivity index (χ0n) is 15.8. The summed E-state index contributed by atoms with van der Waals surface area (Å²) in [5, 5.41) is 6.01. The fourth-order valence-corrected chi connectivity index (χ4v) is 3.05. The van der Waals surface area contributed by atoms with Crippen molar-refractivity contribution in [3.05, 3.63) is 70.7 Å². The van der Waals surface area contributed by atoms with Gasteiger partial charge in [-0.2, -0.15) is 5.10 Å². The molecule has 0 fully saturated rings. The number of ether oxygens (including phenoxy) is 2. The number of nitrogens with zero attached hydrogens (tertiary/aromatic N) is 1. The zero-order chi connectivity index (χ0) is 20.6. The lowest BCUT2D eigenvalue weighted by Crippen LogP contribution is -2.33. The van der Waals surface area contributed by atoms with Crippen LogP contribution in [0.4, 0.5) is 0 Å². The number of hydrazone groups is 1. The number of carbonyl (C=O) groups is 1. The Hall–Kier alpha value is -3.30. The third-order valence-electron chi connectivity index (χ3n) is 4.08. The molecule has 1 atom stereocenters. The monoisotopic (exact) mass is 450 g/mol. The molecule has 0 heterocycles. The van der Waals surface area contributed by atoms with Crippen molar-refractivity contribution < 1.29 is 14.3 Å². The number of terminal acetylenes is 1.